The lowest BCUT2D eigenvalue weighted by molar-refractivity contribution is -0.155. The average molecular weight is 293 g/mol. The molecule has 1 aromatic rings. The largest absolute Gasteiger partial charge is 0.477 e. The Hall–Kier alpha value is -2.64. The maximum absolute atomic E-state index is 12.3. The molecule has 2 N–H and O–H groups in total. The van der Waals surface area contributed by atoms with Crippen molar-refractivity contribution >= 4 is 23.7 Å². The van der Waals surface area contributed by atoms with Gasteiger partial charge in [0.1, 0.15) is 24.3 Å². The summed E-state index contributed by atoms with van der Waals surface area (Å²) >= 11 is 0. The number of aromatic nitrogens is 1. The van der Waals surface area contributed by atoms with E-state index in [1.165, 1.54) is 36.7 Å². The number of nitrogens with one attached hydrogen (secondary N) is 1. The van der Waals surface area contributed by atoms with E-state index in [0.29, 0.717) is 0 Å². The molecule has 0 atom stereocenters. The zero-order chi connectivity index (χ0) is 15.8. The van der Waals surface area contributed by atoms with Crippen molar-refractivity contribution in [2.24, 2.45) is 0 Å². The smallest absolute Gasteiger partial charge is 0.352 e. The van der Waals surface area contributed by atoms with Gasteiger partial charge in [0.2, 0.25) is 11.8 Å². The molecule has 3 amide bonds. The van der Waals surface area contributed by atoms with Gasteiger partial charge < -0.3 is 14.6 Å². The summed E-state index contributed by atoms with van der Waals surface area (Å²) in [6, 6.07) is 2.88. The van der Waals surface area contributed by atoms with E-state index in [0.717, 1.165) is 4.90 Å². The number of carbonyl (C=O) groups is 4. The molecule has 112 valence electrons. The SMILES string of the molecule is CC1(C)C(=O)NC(=O)CN1C(=O)Cn1cccc1C(=O)O. The standard InChI is InChI=1S/C13H15N3O5/c1-13(2)12(21)14-9(17)6-16(13)10(18)7-15-5-3-4-8(15)11(19)20/h3-5H,6-7H2,1-2H3,(H,19,20)(H,14,17,21). The maximum atomic E-state index is 12.3. The molecule has 0 aliphatic carbocycles. The van der Waals surface area contributed by atoms with Crippen molar-refractivity contribution < 1.29 is 24.3 Å². The van der Waals surface area contributed by atoms with E-state index >= 15 is 0 Å². The second-order valence-electron chi connectivity index (χ2n) is 5.24. The number of carboxylic acids is 1. The quantitative estimate of drug-likeness (QED) is 0.727. The molecule has 2 rings (SSSR count). The number of hydrogen-bond acceptors (Lipinski definition) is 4. The number of amides is 3. The first-order valence-corrected chi connectivity index (χ1v) is 6.26. The van der Waals surface area contributed by atoms with E-state index in [9.17, 15) is 19.2 Å². The molecule has 0 saturated carbocycles. The van der Waals surface area contributed by atoms with Gasteiger partial charge in [-0.3, -0.25) is 19.7 Å². The highest BCUT2D eigenvalue weighted by Crippen LogP contribution is 2.19. The molecular formula is C13H15N3O5. The molecule has 1 aromatic heterocycles. The number of rotatable bonds is 3. The lowest BCUT2D eigenvalue weighted by Crippen LogP contribution is -2.65. The molecule has 1 aliphatic rings. The van der Waals surface area contributed by atoms with Crippen LogP contribution in [0.3, 0.4) is 0 Å². The van der Waals surface area contributed by atoms with Crippen molar-refractivity contribution in [3.05, 3.63) is 24.0 Å². The lowest BCUT2D eigenvalue weighted by atomic mass is 9.98. The van der Waals surface area contributed by atoms with Gasteiger partial charge in [-0.25, -0.2) is 4.79 Å². The van der Waals surface area contributed by atoms with Crippen LogP contribution in [0.5, 0.6) is 0 Å². The van der Waals surface area contributed by atoms with Crippen molar-refractivity contribution in [2.45, 2.75) is 25.9 Å². The summed E-state index contributed by atoms with van der Waals surface area (Å²) in [7, 11) is 0. The number of carbonyl (C=O) groups excluding carboxylic acids is 3. The average Bonchev–Trinajstić information content (AvgIpc) is 2.82. The Bertz CT molecular complexity index is 632. The Morgan fingerprint density at radius 1 is 1.38 bits per heavy atom. The summed E-state index contributed by atoms with van der Waals surface area (Å²) in [4.78, 5) is 47.7. The molecule has 0 aromatic carbocycles. The minimum absolute atomic E-state index is 0.0334. The van der Waals surface area contributed by atoms with E-state index < -0.39 is 29.2 Å². The third-order valence-corrected chi connectivity index (χ3v) is 3.44. The highest BCUT2D eigenvalue weighted by atomic mass is 16.4. The van der Waals surface area contributed by atoms with Crippen molar-refractivity contribution in [3.8, 4) is 0 Å². The van der Waals surface area contributed by atoms with Crippen LogP contribution in [0.2, 0.25) is 0 Å². The number of piperazine rings is 1. The van der Waals surface area contributed by atoms with E-state index in [2.05, 4.69) is 5.32 Å². The molecule has 0 unspecified atom stereocenters. The van der Waals surface area contributed by atoms with Crippen molar-refractivity contribution in [2.75, 3.05) is 6.54 Å². The van der Waals surface area contributed by atoms with Gasteiger partial charge >= 0.3 is 5.97 Å². The maximum Gasteiger partial charge on any atom is 0.352 e. The summed E-state index contributed by atoms with van der Waals surface area (Å²) in [5, 5.41) is 11.2. The summed E-state index contributed by atoms with van der Waals surface area (Å²) in [6.45, 7) is 2.57. The van der Waals surface area contributed by atoms with Gasteiger partial charge in [0.25, 0.3) is 5.91 Å². The lowest BCUT2D eigenvalue weighted by Gasteiger charge is -2.40. The molecular weight excluding hydrogens is 278 g/mol. The predicted octanol–water partition coefficient (Wildman–Crippen LogP) is -0.550. The zero-order valence-corrected chi connectivity index (χ0v) is 11.6. The van der Waals surface area contributed by atoms with Crippen molar-refractivity contribution in [1.82, 2.24) is 14.8 Å². The topological polar surface area (TPSA) is 109 Å². The van der Waals surface area contributed by atoms with E-state index in [1.807, 2.05) is 0 Å². The first-order chi connectivity index (χ1) is 9.73. The van der Waals surface area contributed by atoms with Crippen LogP contribution < -0.4 is 5.32 Å². The molecule has 8 heteroatoms. The minimum Gasteiger partial charge on any atom is -0.477 e. The van der Waals surface area contributed by atoms with Gasteiger partial charge in [0, 0.05) is 6.20 Å². The third-order valence-electron chi connectivity index (χ3n) is 3.44. The number of carboxylic acid groups (broad SMARTS) is 1. The molecule has 21 heavy (non-hydrogen) atoms. The summed E-state index contributed by atoms with van der Waals surface area (Å²) in [6.07, 6.45) is 1.46. The second kappa shape index (κ2) is 5.04. The van der Waals surface area contributed by atoms with Gasteiger partial charge in [-0.2, -0.15) is 0 Å². The molecule has 0 bridgehead atoms. The Labute approximate surface area is 120 Å². The summed E-state index contributed by atoms with van der Waals surface area (Å²) in [5.41, 5.74) is -1.20. The van der Waals surface area contributed by atoms with Crippen molar-refractivity contribution in [3.63, 3.8) is 0 Å². The van der Waals surface area contributed by atoms with Crippen LogP contribution in [0, 0.1) is 0 Å². The predicted molar refractivity (Wildman–Crippen MR) is 70.3 cm³/mol. The number of aromatic carboxylic acids is 1. The Morgan fingerprint density at radius 3 is 2.67 bits per heavy atom. The van der Waals surface area contributed by atoms with Crippen molar-refractivity contribution in [1.29, 1.82) is 0 Å². The number of hydrogen-bond donors (Lipinski definition) is 2. The van der Waals surface area contributed by atoms with Crippen LogP contribution >= 0.6 is 0 Å². The Morgan fingerprint density at radius 2 is 2.05 bits per heavy atom. The normalized spacial score (nSPS) is 17.5. The van der Waals surface area contributed by atoms with Crippen LogP contribution in [-0.4, -0.2) is 50.3 Å². The van der Waals surface area contributed by atoms with Crippen LogP contribution in [0.4, 0.5) is 0 Å². The molecule has 1 saturated heterocycles. The van der Waals surface area contributed by atoms with Crippen LogP contribution in [-0.2, 0) is 20.9 Å². The third kappa shape index (κ3) is 2.64. The molecule has 8 nitrogen and oxygen atoms in total. The Balaban J connectivity index is 2.23. The zero-order valence-electron chi connectivity index (χ0n) is 11.6. The summed E-state index contributed by atoms with van der Waals surface area (Å²) < 4.78 is 1.26. The van der Waals surface area contributed by atoms with Crippen LogP contribution in [0.15, 0.2) is 18.3 Å². The van der Waals surface area contributed by atoms with Gasteiger partial charge in [-0.1, -0.05) is 0 Å². The molecule has 1 aliphatic heterocycles. The molecule has 1 fully saturated rings. The van der Waals surface area contributed by atoms with Gasteiger partial charge in [0.15, 0.2) is 0 Å². The highest BCUT2D eigenvalue weighted by Gasteiger charge is 2.43. The van der Waals surface area contributed by atoms with E-state index in [-0.39, 0.29) is 18.8 Å². The van der Waals surface area contributed by atoms with Gasteiger partial charge in [-0.15, -0.1) is 0 Å². The second-order valence-corrected chi connectivity index (χ2v) is 5.24. The van der Waals surface area contributed by atoms with E-state index in [4.69, 9.17) is 5.11 Å². The van der Waals surface area contributed by atoms with E-state index in [1.54, 1.807) is 0 Å². The highest BCUT2D eigenvalue weighted by molar-refractivity contribution is 6.06. The summed E-state index contributed by atoms with van der Waals surface area (Å²) in [5.74, 6) is -2.77. The molecule has 0 radical (unpaired) electrons. The van der Waals surface area contributed by atoms with Crippen LogP contribution in [0.1, 0.15) is 24.3 Å². The first-order valence-electron chi connectivity index (χ1n) is 6.26. The monoisotopic (exact) mass is 293 g/mol. The first kappa shape index (κ1) is 14.8. The van der Waals surface area contributed by atoms with Gasteiger partial charge in [-0.05, 0) is 26.0 Å². The fourth-order valence-corrected chi connectivity index (χ4v) is 2.16. The molecule has 2 heterocycles. The number of imide groups is 1. The molecule has 0 spiro atoms. The fraction of sp³-hybridized carbons (Fsp3) is 0.385. The Kier molecular flexibility index (Phi) is 3.54. The van der Waals surface area contributed by atoms with Gasteiger partial charge in [0.05, 0.1) is 0 Å². The van der Waals surface area contributed by atoms with Crippen LogP contribution in [0.25, 0.3) is 0 Å². The fourth-order valence-electron chi connectivity index (χ4n) is 2.16. The minimum atomic E-state index is -1.17. The number of nitrogens with zero attached hydrogens (tertiary/aromatic N) is 2.